The Bertz CT molecular complexity index is 777. The number of nitrogens with two attached hydrogens (primary N) is 1. The third kappa shape index (κ3) is 3.48. The SMILES string of the molecule is C[C@@H](c1nc(-c2ccnc(C(F)(F)F)c2)no1)N1CCCC1C(N)=O. The highest BCUT2D eigenvalue weighted by atomic mass is 19.4. The molecule has 1 saturated heterocycles. The number of primary amides is 1. The number of likely N-dealkylation sites (tertiary alicyclic amines) is 1. The average molecular weight is 355 g/mol. The standard InChI is InChI=1S/C15H16F3N5O2/c1-8(23-6-2-3-10(23)12(19)24)14-21-13(22-25-14)9-4-5-20-11(7-9)15(16,17)18/h4-5,7-8,10H,2-3,6H2,1H3,(H2,19,24)/t8-,10?/m0/s1. The van der Waals surface area contributed by atoms with E-state index in [9.17, 15) is 18.0 Å². The first kappa shape index (κ1) is 17.3. The van der Waals surface area contributed by atoms with Crippen molar-refractivity contribution in [2.45, 2.75) is 38.0 Å². The van der Waals surface area contributed by atoms with Gasteiger partial charge in [-0.2, -0.15) is 18.2 Å². The summed E-state index contributed by atoms with van der Waals surface area (Å²) < 4.78 is 43.5. The third-order valence-corrected chi connectivity index (χ3v) is 4.23. The second kappa shape index (κ2) is 6.43. The first-order valence-corrected chi connectivity index (χ1v) is 7.69. The van der Waals surface area contributed by atoms with Crippen LogP contribution in [0.4, 0.5) is 13.2 Å². The highest BCUT2D eigenvalue weighted by Gasteiger charge is 2.36. The second-order valence-corrected chi connectivity index (χ2v) is 5.86. The number of hydrogen-bond donors (Lipinski definition) is 1. The van der Waals surface area contributed by atoms with Gasteiger partial charge in [0, 0.05) is 11.8 Å². The molecule has 134 valence electrons. The van der Waals surface area contributed by atoms with Crippen LogP contribution in [0.2, 0.25) is 0 Å². The Labute approximate surface area is 141 Å². The normalized spacial score (nSPS) is 19.9. The molecule has 10 heteroatoms. The van der Waals surface area contributed by atoms with Gasteiger partial charge in [-0.3, -0.25) is 14.7 Å². The van der Waals surface area contributed by atoms with Crippen LogP contribution in [0.15, 0.2) is 22.9 Å². The highest BCUT2D eigenvalue weighted by molar-refractivity contribution is 5.80. The van der Waals surface area contributed by atoms with E-state index in [0.29, 0.717) is 13.0 Å². The minimum atomic E-state index is -4.56. The van der Waals surface area contributed by atoms with E-state index in [2.05, 4.69) is 15.1 Å². The summed E-state index contributed by atoms with van der Waals surface area (Å²) in [5, 5.41) is 3.75. The fourth-order valence-corrected chi connectivity index (χ4v) is 2.95. The molecule has 1 unspecified atom stereocenters. The van der Waals surface area contributed by atoms with Crippen molar-refractivity contribution >= 4 is 5.91 Å². The molecule has 3 heterocycles. The minimum Gasteiger partial charge on any atom is -0.368 e. The van der Waals surface area contributed by atoms with Crippen LogP contribution < -0.4 is 5.73 Å². The second-order valence-electron chi connectivity index (χ2n) is 5.86. The highest BCUT2D eigenvalue weighted by Crippen LogP contribution is 2.31. The Balaban J connectivity index is 1.84. The number of hydrogen-bond acceptors (Lipinski definition) is 6. The van der Waals surface area contributed by atoms with E-state index in [0.717, 1.165) is 18.7 Å². The lowest BCUT2D eigenvalue weighted by Crippen LogP contribution is -2.41. The van der Waals surface area contributed by atoms with Gasteiger partial charge in [-0.25, -0.2) is 0 Å². The van der Waals surface area contributed by atoms with Gasteiger partial charge in [-0.1, -0.05) is 5.16 Å². The van der Waals surface area contributed by atoms with Crippen LogP contribution >= 0.6 is 0 Å². The van der Waals surface area contributed by atoms with Crippen molar-refractivity contribution in [3.05, 3.63) is 29.9 Å². The number of carbonyl (C=O) groups is 1. The van der Waals surface area contributed by atoms with Gasteiger partial charge in [0.25, 0.3) is 0 Å². The van der Waals surface area contributed by atoms with Crippen LogP contribution in [0.5, 0.6) is 0 Å². The maximum absolute atomic E-state index is 12.8. The zero-order chi connectivity index (χ0) is 18.2. The fourth-order valence-electron chi connectivity index (χ4n) is 2.95. The number of pyridine rings is 1. The van der Waals surface area contributed by atoms with Crippen LogP contribution in [-0.2, 0) is 11.0 Å². The molecule has 0 bridgehead atoms. The molecule has 1 fully saturated rings. The van der Waals surface area contributed by atoms with Crippen LogP contribution in [0.3, 0.4) is 0 Å². The Morgan fingerprint density at radius 2 is 2.24 bits per heavy atom. The summed E-state index contributed by atoms with van der Waals surface area (Å²) in [6, 6.07) is 1.45. The number of halogens is 3. The molecule has 0 aromatic carbocycles. The summed E-state index contributed by atoms with van der Waals surface area (Å²) >= 11 is 0. The Hall–Kier alpha value is -2.49. The summed E-state index contributed by atoms with van der Waals surface area (Å²) in [6.07, 6.45) is -2.04. The molecule has 25 heavy (non-hydrogen) atoms. The molecular weight excluding hydrogens is 339 g/mol. The molecule has 2 aromatic rings. The van der Waals surface area contributed by atoms with E-state index < -0.39 is 23.8 Å². The summed E-state index contributed by atoms with van der Waals surface area (Å²) in [4.78, 5) is 20.8. The molecule has 2 N–H and O–H groups in total. The molecule has 1 aliphatic rings. The van der Waals surface area contributed by atoms with Gasteiger partial charge in [0.05, 0.1) is 12.1 Å². The molecule has 0 spiro atoms. The van der Waals surface area contributed by atoms with Crippen molar-refractivity contribution in [2.24, 2.45) is 5.73 Å². The minimum absolute atomic E-state index is 0.0320. The monoisotopic (exact) mass is 355 g/mol. The van der Waals surface area contributed by atoms with Crippen molar-refractivity contribution in [2.75, 3.05) is 6.54 Å². The van der Waals surface area contributed by atoms with E-state index in [1.807, 2.05) is 4.90 Å². The fraction of sp³-hybridized carbons (Fsp3) is 0.467. The zero-order valence-electron chi connectivity index (χ0n) is 13.3. The molecule has 0 aliphatic carbocycles. The van der Waals surface area contributed by atoms with Crippen LogP contribution in [0, 0.1) is 0 Å². The molecule has 2 atom stereocenters. The van der Waals surface area contributed by atoms with Crippen molar-refractivity contribution in [3.63, 3.8) is 0 Å². The molecule has 0 radical (unpaired) electrons. The summed E-state index contributed by atoms with van der Waals surface area (Å²) in [5.74, 6) is -0.175. The maximum Gasteiger partial charge on any atom is 0.433 e. The zero-order valence-corrected chi connectivity index (χ0v) is 13.3. The summed E-state index contributed by atoms with van der Waals surface area (Å²) in [7, 11) is 0. The lowest BCUT2D eigenvalue weighted by Gasteiger charge is -2.25. The van der Waals surface area contributed by atoms with E-state index >= 15 is 0 Å². The van der Waals surface area contributed by atoms with E-state index in [-0.39, 0.29) is 23.3 Å². The maximum atomic E-state index is 12.8. The topological polar surface area (TPSA) is 98.1 Å². The van der Waals surface area contributed by atoms with Crippen LogP contribution in [0.25, 0.3) is 11.4 Å². The molecule has 3 rings (SSSR count). The molecule has 1 amide bonds. The predicted octanol–water partition coefficient (Wildman–Crippen LogP) is 2.16. The first-order chi connectivity index (χ1) is 11.8. The van der Waals surface area contributed by atoms with Crippen molar-refractivity contribution in [1.29, 1.82) is 0 Å². The molecule has 2 aromatic heterocycles. The van der Waals surface area contributed by atoms with Gasteiger partial charge in [-0.05, 0) is 38.4 Å². The van der Waals surface area contributed by atoms with Gasteiger partial charge < -0.3 is 10.3 Å². The summed E-state index contributed by atoms with van der Waals surface area (Å²) in [5.41, 5.74) is 4.52. The number of rotatable bonds is 4. The predicted molar refractivity (Wildman–Crippen MR) is 79.9 cm³/mol. The van der Waals surface area contributed by atoms with Gasteiger partial charge in [-0.15, -0.1) is 0 Å². The Kier molecular flexibility index (Phi) is 4.46. The van der Waals surface area contributed by atoms with E-state index in [1.165, 1.54) is 6.07 Å². The average Bonchev–Trinajstić information content (AvgIpc) is 3.23. The number of alkyl halides is 3. The van der Waals surface area contributed by atoms with Crippen LogP contribution in [-0.4, -0.2) is 38.5 Å². The smallest absolute Gasteiger partial charge is 0.368 e. The Morgan fingerprint density at radius 1 is 1.48 bits per heavy atom. The quantitative estimate of drug-likeness (QED) is 0.902. The van der Waals surface area contributed by atoms with E-state index in [1.54, 1.807) is 6.92 Å². The molecule has 0 saturated carbocycles. The molecule has 7 nitrogen and oxygen atoms in total. The number of aromatic nitrogens is 3. The number of nitrogens with zero attached hydrogens (tertiary/aromatic N) is 4. The van der Waals surface area contributed by atoms with Crippen molar-refractivity contribution in [3.8, 4) is 11.4 Å². The number of amides is 1. The molecule has 1 aliphatic heterocycles. The third-order valence-electron chi connectivity index (χ3n) is 4.23. The van der Waals surface area contributed by atoms with Gasteiger partial charge >= 0.3 is 6.18 Å². The van der Waals surface area contributed by atoms with Gasteiger partial charge in [0.2, 0.25) is 17.6 Å². The summed E-state index contributed by atoms with van der Waals surface area (Å²) in [6.45, 7) is 2.44. The molecular formula is C15H16F3N5O2. The van der Waals surface area contributed by atoms with Crippen molar-refractivity contribution < 1.29 is 22.5 Å². The largest absolute Gasteiger partial charge is 0.433 e. The van der Waals surface area contributed by atoms with Gasteiger partial charge in [0.15, 0.2) is 0 Å². The Morgan fingerprint density at radius 3 is 2.92 bits per heavy atom. The number of carbonyl (C=O) groups excluding carboxylic acids is 1. The lowest BCUT2D eigenvalue weighted by molar-refractivity contribution is -0.141. The van der Waals surface area contributed by atoms with E-state index in [4.69, 9.17) is 10.3 Å². The lowest BCUT2D eigenvalue weighted by atomic mass is 10.2. The van der Waals surface area contributed by atoms with Crippen molar-refractivity contribution in [1.82, 2.24) is 20.0 Å². The van der Waals surface area contributed by atoms with Crippen LogP contribution in [0.1, 0.15) is 37.4 Å². The first-order valence-electron chi connectivity index (χ1n) is 7.69. The van der Waals surface area contributed by atoms with Gasteiger partial charge in [0.1, 0.15) is 5.69 Å².